The van der Waals surface area contributed by atoms with Crippen LogP contribution in [0.15, 0.2) is 29.2 Å². The zero-order chi connectivity index (χ0) is 20.1. The van der Waals surface area contributed by atoms with E-state index in [1.807, 2.05) is 0 Å². The molecule has 0 radical (unpaired) electrons. The lowest BCUT2D eigenvalue weighted by atomic mass is 10.3. The number of anilines is 2. The third kappa shape index (κ3) is 5.58. The first-order valence-electron chi connectivity index (χ1n) is 7.01. The maximum atomic E-state index is 12.5. The van der Waals surface area contributed by atoms with Crippen molar-refractivity contribution in [1.82, 2.24) is 4.98 Å². The van der Waals surface area contributed by atoms with Crippen LogP contribution in [0.3, 0.4) is 0 Å². The fourth-order valence-corrected chi connectivity index (χ4v) is 3.00. The molecule has 0 atom stereocenters. The number of thioether (sulfide) groups is 1. The highest BCUT2D eigenvalue weighted by atomic mass is 35.5. The van der Waals surface area contributed by atoms with Gasteiger partial charge in [0.1, 0.15) is 5.02 Å². The van der Waals surface area contributed by atoms with Crippen LogP contribution in [0.2, 0.25) is 15.2 Å². The number of ether oxygens (including phenoxy) is 1. The van der Waals surface area contributed by atoms with Gasteiger partial charge in [0, 0.05) is 4.90 Å². The minimum Gasteiger partial charge on any atom is -0.451 e. The topological polar surface area (TPSA) is 94.3 Å². The first-order valence-corrected chi connectivity index (χ1v) is 9.02. The minimum absolute atomic E-state index is 0.121. The third-order valence-corrected chi connectivity index (χ3v) is 4.90. The molecule has 2 rings (SSSR count). The molecule has 144 valence electrons. The molecule has 12 heteroatoms. The summed E-state index contributed by atoms with van der Waals surface area (Å²) < 4.78 is 29.9. The van der Waals surface area contributed by atoms with Gasteiger partial charge in [0.25, 0.3) is 11.7 Å². The van der Waals surface area contributed by atoms with Crippen molar-refractivity contribution in [2.24, 2.45) is 0 Å². The van der Waals surface area contributed by atoms with E-state index in [1.54, 1.807) is 12.1 Å². The van der Waals surface area contributed by atoms with Gasteiger partial charge in [0.15, 0.2) is 17.5 Å². The number of halogens is 5. The van der Waals surface area contributed by atoms with E-state index in [2.05, 4.69) is 10.3 Å². The summed E-state index contributed by atoms with van der Waals surface area (Å²) >= 11 is 17.6. The van der Waals surface area contributed by atoms with Crippen molar-refractivity contribution in [2.75, 3.05) is 17.7 Å². The fourth-order valence-electron chi connectivity index (χ4n) is 1.82. The molecule has 1 aromatic heterocycles. The number of alkyl halides is 2. The van der Waals surface area contributed by atoms with Gasteiger partial charge in [-0.2, -0.15) is 8.78 Å². The number of rotatable bonds is 6. The van der Waals surface area contributed by atoms with E-state index >= 15 is 0 Å². The molecular formula is C15H10Cl3F2N3O3S. The number of para-hydroxylation sites is 1. The summed E-state index contributed by atoms with van der Waals surface area (Å²) in [5.74, 6) is -4.47. The number of nitrogens with zero attached hydrogens (tertiary/aromatic N) is 1. The highest BCUT2D eigenvalue weighted by molar-refractivity contribution is 7.99. The second-order valence-corrected chi connectivity index (χ2v) is 6.94. The Morgan fingerprint density at radius 2 is 1.89 bits per heavy atom. The van der Waals surface area contributed by atoms with E-state index in [9.17, 15) is 18.4 Å². The normalized spacial score (nSPS) is 10.7. The van der Waals surface area contributed by atoms with E-state index < -0.39 is 29.9 Å². The van der Waals surface area contributed by atoms with Crippen molar-refractivity contribution in [2.45, 2.75) is 10.7 Å². The van der Waals surface area contributed by atoms with Crippen LogP contribution < -0.4 is 11.1 Å². The average molecular weight is 457 g/mol. The van der Waals surface area contributed by atoms with E-state index in [4.69, 9.17) is 45.3 Å². The third-order valence-electron chi connectivity index (χ3n) is 2.98. The van der Waals surface area contributed by atoms with Crippen LogP contribution in [0.5, 0.6) is 0 Å². The van der Waals surface area contributed by atoms with Crippen molar-refractivity contribution in [1.29, 1.82) is 0 Å². The standard InChI is InChI=1S/C15H10Cl3F2N3O3S/c16-9-11(21)10(17)13(18)23-12(9)14(25)26-5-8(24)22-6-3-1-2-4-7(6)27-15(19)20/h1-4,15H,5H2,(H2,21,23)(H,22,24). The lowest BCUT2D eigenvalue weighted by molar-refractivity contribution is -0.119. The molecule has 2 aromatic rings. The summed E-state index contributed by atoms with van der Waals surface area (Å²) in [4.78, 5) is 27.8. The SMILES string of the molecule is Nc1c(Cl)c(Cl)nc(C(=O)OCC(=O)Nc2ccccc2SC(F)F)c1Cl. The Balaban J connectivity index is 2.04. The maximum Gasteiger partial charge on any atom is 0.359 e. The van der Waals surface area contributed by atoms with Gasteiger partial charge in [-0.1, -0.05) is 58.7 Å². The van der Waals surface area contributed by atoms with Crippen LogP contribution in [-0.2, 0) is 9.53 Å². The molecule has 0 aliphatic carbocycles. The summed E-state index contributed by atoms with van der Waals surface area (Å²) in [6.45, 7) is -0.718. The average Bonchev–Trinajstić information content (AvgIpc) is 2.62. The molecule has 0 unspecified atom stereocenters. The summed E-state index contributed by atoms with van der Waals surface area (Å²) in [6, 6.07) is 5.95. The smallest absolute Gasteiger partial charge is 0.359 e. The lowest BCUT2D eigenvalue weighted by Crippen LogP contribution is -2.22. The van der Waals surface area contributed by atoms with Gasteiger partial charge in [0.2, 0.25) is 0 Å². The largest absolute Gasteiger partial charge is 0.451 e. The highest BCUT2D eigenvalue weighted by Crippen LogP contribution is 2.34. The Hall–Kier alpha value is -1.81. The predicted molar refractivity (Wildman–Crippen MR) is 101 cm³/mol. The van der Waals surface area contributed by atoms with Gasteiger partial charge in [0.05, 0.1) is 16.4 Å². The molecule has 0 aliphatic heterocycles. The summed E-state index contributed by atoms with van der Waals surface area (Å²) in [6.07, 6.45) is 0. The zero-order valence-corrected chi connectivity index (χ0v) is 16.2. The number of hydrogen-bond acceptors (Lipinski definition) is 6. The Morgan fingerprint density at radius 1 is 1.22 bits per heavy atom. The quantitative estimate of drug-likeness (QED) is 0.371. The van der Waals surface area contributed by atoms with Crippen LogP contribution in [-0.4, -0.2) is 29.2 Å². The van der Waals surface area contributed by atoms with Crippen LogP contribution in [0, 0.1) is 0 Å². The van der Waals surface area contributed by atoms with Gasteiger partial charge in [-0.25, -0.2) is 9.78 Å². The van der Waals surface area contributed by atoms with E-state index in [1.165, 1.54) is 12.1 Å². The van der Waals surface area contributed by atoms with Gasteiger partial charge >= 0.3 is 5.97 Å². The molecule has 1 aromatic carbocycles. The number of aromatic nitrogens is 1. The maximum absolute atomic E-state index is 12.5. The molecule has 0 fully saturated rings. The first kappa shape index (κ1) is 21.5. The van der Waals surface area contributed by atoms with Crippen LogP contribution in [0.1, 0.15) is 10.5 Å². The van der Waals surface area contributed by atoms with Gasteiger partial charge in [-0.05, 0) is 12.1 Å². The second-order valence-electron chi connectivity index (χ2n) is 4.79. The minimum atomic E-state index is -2.66. The van der Waals surface area contributed by atoms with Crippen molar-refractivity contribution < 1.29 is 23.1 Å². The Bertz CT molecular complexity index is 887. The predicted octanol–water partition coefficient (Wildman–Crippen LogP) is 4.73. The van der Waals surface area contributed by atoms with Gasteiger partial charge in [-0.15, -0.1) is 0 Å². The second kappa shape index (κ2) is 9.41. The number of amides is 1. The number of esters is 1. The summed E-state index contributed by atoms with van der Waals surface area (Å²) in [5.41, 5.74) is 5.18. The summed E-state index contributed by atoms with van der Waals surface area (Å²) in [7, 11) is 0. The van der Waals surface area contributed by atoms with Crippen LogP contribution >= 0.6 is 46.6 Å². The van der Waals surface area contributed by atoms with E-state index in [0.29, 0.717) is 0 Å². The molecule has 0 aliphatic rings. The molecule has 1 amide bonds. The van der Waals surface area contributed by atoms with Crippen molar-refractivity contribution in [3.05, 3.63) is 45.2 Å². The number of nitrogens with two attached hydrogens (primary N) is 1. The van der Waals surface area contributed by atoms with Crippen LogP contribution in [0.25, 0.3) is 0 Å². The summed E-state index contributed by atoms with van der Waals surface area (Å²) in [5, 5.41) is 1.73. The molecule has 6 nitrogen and oxygen atoms in total. The van der Waals surface area contributed by atoms with Crippen LogP contribution in [0.4, 0.5) is 20.2 Å². The Kier molecular flexibility index (Phi) is 7.49. The van der Waals surface area contributed by atoms with Crippen molar-refractivity contribution in [3.63, 3.8) is 0 Å². The van der Waals surface area contributed by atoms with Crippen molar-refractivity contribution >= 4 is 69.8 Å². The molecule has 1 heterocycles. The first-order chi connectivity index (χ1) is 12.7. The lowest BCUT2D eigenvalue weighted by Gasteiger charge is -2.11. The number of pyridine rings is 1. The highest BCUT2D eigenvalue weighted by Gasteiger charge is 2.22. The Morgan fingerprint density at radius 3 is 2.56 bits per heavy atom. The number of benzene rings is 1. The molecule has 0 spiro atoms. The molecule has 0 saturated carbocycles. The number of nitrogens with one attached hydrogen (secondary N) is 1. The van der Waals surface area contributed by atoms with E-state index in [0.717, 1.165) is 0 Å². The van der Waals surface area contributed by atoms with Gasteiger partial charge < -0.3 is 15.8 Å². The number of carbonyl (C=O) groups is 2. The molecule has 0 bridgehead atoms. The number of hydrogen-bond donors (Lipinski definition) is 2. The molecule has 0 saturated heterocycles. The monoisotopic (exact) mass is 455 g/mol. The zero-order valence-electron chi connectivity index (χ0n) is 13.1. The fraction of sp³-hybridized carbons (Fsp3) is 0.133. The number of carbonyl (C=O) groups excluding carboxylic acids is 2. The molecule has 27 heavy (non-hydrogen) atoms. The Labute approximate surface area is 171 Å². The van der Waals surface area contributed by atoms with Crippen molar-refractivity contribution in [3.8, 4) is 0 Å². The van der Waals surface area contributed by atoms with Gasteiger partial charge in [-0.3, -0.25) is 4.79 Å². The number of nitrogen functional groups attached to an aromatic ring is 1. The molecular weight excluding hydrogens is 447 g/mol. The molecule has 3 N–H and O–H groups in total. The van der Waals surface area contributed by atoms with E-state index in [-0.39, 0.29) is 43.2 Å².